The summed E-state index contributed by atoms with van der Waals surface area (Å²) in [6, 6.07) is 25.9. The number of rotatable bonds is 18. The lowest BCUT2D eigenvalue weighted by atomic mass is 10.1. The minimum atomic E-state index is -3.81. The number of fused-ring (bicyclic) bond motifs is 2. The van der Waals surface area contributed by atoms with E-state index in [4.69, 9.17) is 19.7 Å². The Morgan fingerprint density at radius 2 is 0.985 bits per heavy atom. The Morgan fingerprint density at radius 3 is 1.30 bits per heavy atom. The van der Waals surface area contributed by atoms with Gasteiger partial charge in [-0.2, -0.15) is 8.61 Å². The topological polar surface area (TPSA) is 174 Å². The number of carboxylic acids is 2. The monoisotopic (exact) mass is 980 g/mol. The van der Waals surface area contributed by atoms with E-state index in [0.717, 1.165) is 95.9 Å². The van der Waals surface area contributed by atoms with Crippen LogP contribution >= 0.6 is 23.5 Å². The molecular formula is C48H60N4O10S4. The Kier molecular flexibility index (Phi) is 19.0. The van der Waals surface area contributed by atoms with E-state index < -0.39 is 32.0 Å². The molecule has 0 radical (unpaired) electrons. The van der Waals surface area contributed by atoms with Crippen LogP contribution in [0.3, 0.4) is 0 Å². The lowest BCUT2D eigenvalue weighted by Gasteiger charge is -2.29. The highest BCUT2D eigenvalue weighted by Gasteiger charge is 2.39. The molecule has 0 aliphatic carbocycles. The minimum absolute atomic E-state index is 0.145. The van der Waals surface area contributed by atoms with Gasteiger partial charge >= 0.3 is 11.9 Å². The van der Waals surface area contributed by atoms with Gasteiger partial charge in [0.15, 0.2) is 0 Å². The number of benzene rings is 4. The van der Waals surface area contributed by atoms with Gasteiger partial charge in [0.2, 0.25) is 20.0 Å². The van der Waals surface area contributed by atoms with E-state index in [0.29, 0.717) is 36.0 Å². The lowest BCUT2D eigenvalue weighted by molar-refractivity contribution is -0.132. The Morgan fingerprint density at radius 1 is 0.621 bits per heavy atom. The summed E-state index contributed by atoms with van der Waals surface area (Å²) in [4.78, 5) is 27.6. The zero-order valence-electron chi connectivity index (χ0n) is 38.2. The van der Waals surface area contributed by atoms with Gasteiger partial charge in [-0.05, 0) is 60.7 Å². The normalized spacial score (nSPS) is 18.2. The molecule has 4 aromatic carbocycles. The SMILES string of the molecule is CCCC[C@@H]1CN(c2ccccc2)c2cc(SCC)c(O/C=C/C(=O)O)cc2S(=O)(=O)N1C.CCCC[C@H]1CN(c2ccccc2)c2cc(SCC)c(O/C=C/C(=O)O)cc2S(=O)(=O)N1C. The Balaban J connectivity index is 0.000000247. The smallest absolute Gasteiger partial charge is 0.331 e. The molecule has 2 aliphatic heterocycles. The summed E-state index contributed by atoms with van der Waals surface area (Å²) in [6.07, 6.45) is 9.21. The second kappa shape index (κ2) is 24.2. The number of likely N-dealkylation sites (N-methyl/N-ethyl adjacent to an activating group) is 2. The molecule has 4 aromatic rings. The summed E-state index contributed by atoms with van der Waals surface area (Å²) in [6.45, 7) is 9.24. The molecule has 0 amide bonds. The number of nitrogens with zero attached hydrogens (tertiary/aromatic N) is 4. The quantitative estimate of drug-likeness (QED) is 0.0547. The zero-order valence-corrected chi connectivity index (χ0v) is 41.5. The van der Waals surface area contributed by atoms with E-state index >= 15 is 0 Å². The van der Waals surface area contributed by atoms with Gasteiger partial charge in [0.05, 0.1) is 45.8 Å². The maximum absolute atomic E-state index is 13.7. The second-order valence-corrected chi connectivity index (χ2v) is 22.0. The van der Waals surface area contributed by atoms with Gasteiger partial charge in [-0.25, -0.2) is 26.4 Å². The van der Waals surface area contributed by atoms with Crippen molar-refractivity contribution in [1.29, 1.82) is 0 Å². The fourth-order valence-electron chi connectivity index (χ4n) is 7.63. The number of carbonyl (C=O) groups is 2. The molecule has 6 rings (SSSR count). The number of aliphatic carboxylic acids is 2. The predicted octanol–water partition coefficient (Wildman–Crippen LogP) is 10.2. The molecule has 0 unspecified atom stereocenters. The van der Waals surface area contributed by atoms with E-state index in [2.05, 4.69) is 23.6 Å². The van der Waals surface area contributed by atoms with E-state index in [1.54, 1.807) is 14.1 Å². The summed E-state index contributed by atoms with van der Waals surface area (Å²) in [7, 11) is -4.36. The van der Waals surface area contributed by atoms with Crippen LogP contribution in [-0.4, -0.2) is 98.4 Å². The molecule has 356 valence electrons. The molecule has 2 heterocycles. The van der Waals surface area contributed by atoms with Crippen LogP contribution in [0.1, 0.15) is 66.2 Å². The molecule has 0 aromatic heterocycles. The van der Waals surface area contributed by atoms with E-state index in [-0.39, 0.29) is 21.9 Å². The number of hydrogen-bond donors (Lipinski definition) is 2. The minimum Gasteiger partial charge on any atom is -0.478 e. The van der Waals surface area contributed by atoms with E-state index in [1.165, 1.54) is 44.3 Å². The van der Waals surface area contributed by atoms with Crippen LogP contribution < -0.4 is 19.3 Å². The third-order valence-corrected chi connectivity index (χ3v) is 16.8. The van der Waals surface area contributed by atoms with Crippen molar-refractivity contribution in [3.8, 4) is 11.5 Å². The molecule has 18 heteroatoms. The average molecular weight is 981 g/mol. The number of sulfonamides is 2. The standard InChI is InChI=1S/2C24H30N2O5S2/c2*1-4-6-10-19-17-26(18-11-8-7-9-12-18)20-15-22(32-5-2)21(31-14-13-24(27)28)16-23(20)33(29,30)25(19)3/h2*7-9,11-16,19H,4-6,10,17H2,1-3H3,(H,27,28)/b2*14-13+/t2*19-/m10/s1. The third kappa shape index (κ3) is 12.7. The van der Waals surface area contributed by atoms with Crippen LogP contribution in [0.4, 0.5) is 22.7 Å². The summed E-state index contributed by atoms with van der Waals surface area (Å²) >= 11 is 3.02. The van der Waals surface area contributed by atoms with Crippen molar-refractivity contribution in [3.05, 3.63) is 110 Å². The first-order valence-corrected chi connectivity index (χ1v) is 26.8. The average Bonchev–Trinajstić information content (AvgIpc) is 3.42. The maximum Gasteiger partial charge on any atom is 0.331 e. The molecular weight excluding hydrogens is 921 g/mol. The summed E-state index contributed by atoms with van der Waals surface area (Å²) in [5.41, 5.74) is 3.02. The van der Waals surface area contributed by atoms with Crippen LogP contribution in [0.5, 0.6) is 11.5 Å². The van der Waals surface area contributed by atoms with Crippen LogP contribution in [0, 0.1) is 0 Å². The highest BCUT2D eigenvalue weighted by atomic mass is 32.2. The fraction of sp³-hybridized carbons (Fsp3) is 0.375. The van der Waals surface area contributed by atoms with Crippen molar-refractivity contribution in [2.24, 2.45) is 0 Å². The summed E-state index contributed by atoms with van der Waals surface area (Å²) in [5, 5.41) is 17.8. The van der Waals surface area contributed by atoms with Crippen molar-refractivity contribution in [2.45, 2.75) is 97.9 Å². The lowest BCUT2D eigenvalue weighted by Crippen LogP contribution is -2.40. The molecule has 0 saturated carbocycles. The van der Waals surface area contributed by atoms with Gasteiger partial charge in [0.1, 0.15) is 21.3 Å². The van der Waals surface area contributed by atoms with Gasteiger partial charge < -0.3 is 29.5 Å². The molecule has 2 N–H and O–H groups in total. The Bertz CT molecular complexity index is 2380. The first kappa shape index (κ1) is 52.0. The van der Waals surface area contributed by atoms with Crippen molar-refractivity contribution in [3.63, 3.8) is 0 Å². The molecule has 2 atom stereocenters. The van der Waals surface area contributed by atoms with Gasteiger partial charge in [0, 0.05) is 62.8 Å². The van der Waals surface area contributed by atoms with Crippen LogP contribution in [-0.2, 0) is 29.6 Å². The number of anilines is 4. The number of carboxylic acid groups (broad SMARTS) is 2. The van der Waals surface area contributed by atoms with Crippen LogP contribution in [0.25, 0.3) is 0 Å². The first-order chi connectivity index (χ1) is 31.6. The van der Waals surface area contributed by atoms with Crippen molar-refractivity contribution < 1.29 is 46.1 Å². The fourth-order valence-corrected chi connectivity index (χ4v) is 12.3. The number of thioether (sulfide) groups is 2. The molecule has 0 spiro atoms. The number of ether oxygens (including phenoxy) is 2. The molecule has 66 heavy (non-hydrogen) atoms. The highest BCUT2D eigenvalue weighted by Crippen LogP contribution is 2.46. The number of unbranched alkanes of at least 4 members (excludes halogenated alkanes) is 2. The molecule has 0 saturated heterocycles. The van der Waals surface area contributed by atoms with Crippen molar-refractivity contribution >= 4 is 78.3 Å². The molecule has 0 fully saturated rings. The zero-order chi connectivity index (χ0) is 48.0. The Hall–Kier alpha value is -4.98. The summed E-state index contributed by atoms with van der Waals surface area (Å²) < 4.78 is 68.9. The van der Waals surface area contributed by atoms with Crippen LogP contribution in [0.15, 0.2) is 129 Å². The van der Waals surface area contributed by atoms with Crippen molar-refractivity contribution in [1.82, 2.24) is 8.61 Å². The van der Waals surface area contributed by atoms with E-state index in [1.807, 2.05) is 86.6 Å². The third-order valence-electron chi connectivity index (χ3n) is 11.1. The predicted molar refractivity (Wildman–Crippen MR) is 264 cm³/mol. The molecule has 2 aliphatic rings. The number of hydrogen-bond acceptors (Lipinski definition) is 12. The van der Waals surface area contributed by atoms with Gasteiger partial charge in [-0.3, -0.25) is 0 Å². The largest absolute Gasteiger partial charge is 0.478 e. The summed E-state index contributed by atoms with van der Waals surface area (Å²) in [5.74, 6) is -0.166. The highest BCUT2D eigenvalue weighted by molar-refractivity contribution is 7.99. The number of para-hydroxylation sites is 2. The second-order valence-electron chi connectivity index (χ2n) is 15.4. The van der Waals surface area contributed by atoms with E-state index in [9.17, 15) is 26.4 Å². The van der Waals surface area contributed by atoms with Crippen LogP contribution in [0.2, 0.25) is 0 Å². The van der Waals surface area contributed by atoms with Gasteiger partial charge in [0.25, 0.3) is 0 Å². The molecule has 14 nitrogen and oxygen atoms in total. The molecule has 0 bridgehead atoms. The van der Waals surface area contributed by atoms with Gasteiger partial charge in [-0.1, -0.05) is 89.8 Å². The van der Waals surface area contributed by atoms with Crippen molar-refractivity contribution in [2.75, 3.05) is 48.5 Å². The maximum atomic E-state index is 13.7. The first-order valence-electron chi connectivity index (χ1n) is 21.9. The van der Waals surface area contributed by atoms with Gasteiger partial charge in [-0.15, -0.1) is 23.5 Å². The Labute approximate surface area is 398 Å².